The second-order valence-corrected chi connectivity index (χ2v) is 3.58. The number of hydrogen-bond donors (Lipinski definition) is 1. The Morgan fingerprint density at radius 3 is 2.40 bits per heavy atom. The molecule has 0 aliphatic rings. The normalized spacial score (nSPS) is 10.6. The van der Waals surface area contributed by atoms with E-state index in [4.69, 9.17) is 0 Å². The predicted molar refractivity (Wildman–Crippen MR) is 50.2 cm³/mol. The van der Waals surface area contributed by atoms with E-state index in [-0.39, 0.29) is 4.47 Å². The summed E-state index contributed by atoms with van der Waals surface area (Å²) in [6.45, 7) is 0. The molecule has 0 spiro atoms. The summed E-state index contributed by atoms with van der Waals surface area (Å²) in [6, 6.07) is 2.10. The topological polar surface area (TPSA) is 58.9 Å². The lowest BCUT2D eigenvalue weighted by molar-refractivity contribution is 0.511. The van der Waals surface area contributed by atoms with Crippen molar-refractivity contribution in [3.05, 3.63) is 38.8 Å². The number of aromatic amines is 1. The maximum absolute atomic E-state index is 13.3. The highest BCUT2D eigenvalue weighted by Crippen LogP contribution is 2.26. The molecule has 7 heteroatoms. The smallest absolute Gasteiger partial charge is 0.388 e. The SMILES string of the molecule is O=c1[nH]nc(-c2c(F)cc(Br)cc2F)o1. The van der Waals surface area contributed by atoms with Crippen LogP contribution >= 0.6 is 15.9 Å². The van der Waals surface area contributed by atoms with Gasteiger partial charge in [-0.3, -0.25) is 0 Å². The van der Waals surface area contributed by atoms with Crippen molar-refractivity contribution in [2.24, 2.45) is 0 Å². The van der Waals surface area contributed by atoms with E-state index in [9.17, 15) is 13.6 Å². The molecule has 1 heterocycles. The van der Waals surface area contributed by atoms with E-state index in [1.165, 1.54) is 0 Å². The standard InChI is InChI=1S/C8H3BrF2N2O2/c9-3-1-4(10)6(5(11)2-3)7-12-13-8(14)15-7/h1-2H,(H,13,14). The van der Waals surface area contributed by atoms with Crippen LogP contribution in [-0.2, 0) is 0 Å². The lowest BCUT2D eigenvalue weighted by atomic mass is 10.2. The summed E-state index contributed by atoms with van der Waals surface area (Å²) in [5.74, 6) is -3.01. The van der Waals surface area contributed by atoms with Gasteiger partial charge in [-0.05, 0) is 12.1 Å². The molecule has 2 aromatic rings. The first-order valence-corrected chi connectivity index (χ1v) is 4.57. The summed E-state index contributed by atoms with van der Waals surface area (Å²) in [6.07, 6.45) is 0. The van der Waals surface area contributed by atoms with Crippen molar-refractivity contribution < 1.29 is 13.2 Å². The van der Waals surface area contributed by atoms with Gasteiger partial charge in [-0.15, -0.1) is 5.10 Å². The zero-order valence-electron chi connectivity index (χ0n) is 7.05. The van der Waals surface area contributed by atoms with E-state index < -0.39 is 28.8 Å². The zero-order valence-corrected chi connectivity index (χ0v) is 8.64. The van der Waals surface area contributed by atoms with E-state index in [0.29, 0.717) is 0 Å². The highest BCUT2D eigenvalue weighted by molar-refractivity contribution is 9.10. The summed E-state index contributed by atoms with van der Waals surface area (Å²) < 4.78 is 31.3. The Balaban J connectivity index is 2.67. The summed E-state index contributed by atoms with van der Waals surface area (Å²) in [4.78, 5) is 10.6. The van der Waals surface area contributed by atoms with Crippen molar-refractivity contribution in [2.45, 2.75) is 0 Å². The average molecular weight is 277 g/mol. The van der Waals surface area contributed by atoms with Crippen LogP contribution in [0.4, 0.5) is 8.78 Å². The molecule has 0 aliphatic heterocycles. The molecule has 1 N–H and O–H groups in total. The van der Waals surface area contributed by atoms with Crippen molar-refractivity contribution in [3.8, 4) is 11.5 Å². The Hall–Kier alpha value is -1.50. The van der Waals surface area contributed by atoms with Gasteiger partial charge in [-0.25, -0.2) is 18.7 Å². The maximum Gasteiger partial charge on any atom is 0.434 e. The number of rotatable bonds is 1. The second kappa shape index (κ2) is 3.58. The minimum absolute atomic E-state index is 0.249. The predicted octanol–water partition coefficient (Wildman–Crippen LogP) is 2.07. The highest BCUT2D eigenvalue weighted by Gasteiger charge is 2.17. The van der Waals surface area contributed by atoms with Gasteiger partial charge in [0, 0.05) is 4.47 Å². The molecule has 0 aliphatic carbocycles. The van der Waals surface area contributed by atoms with Gasteiger partial charge >= 0.3 is 5.76 Å². The molecule has 0 radical (unpaired) electrons. The lowest BCUT2D eigenvalue weighted by Crippen LogP contribution is -1.94. The molecule has 0 unspecified atom stereocenters. The van der Waals surface area contributed by atoms with Crippen molar-refractivity contribution in [1.29, 1.82) is 0 Å². The molecule has 0 atom stereocenters. The first-order chi connectivity index (χ1) is 7.08. The molecular formula is C8H3BrF2N2O2. The largest absolute Gasteiger partial charge is 0.434 e. The molecule has 4 nitrogen and oxygen atoms in total. The molecule has 1 aromatic carbocycles. The van der Waals surface area contributed by atoms with E-state index in [2.05, 4.69) is 25.4 Å². The van der Waals surface area contributed by atoms with Crippen LogP contribution in [-0.4, -0.2) is 10.2 Å². The number of nitrogens with zero attached hydrogens (tertiary/aromatic N) is 1. The minimum Gasteiger partial charge on any atom is -0.388 e. The van der Waals surface area contributed by atoms with Crippen molar-refractivity contribution >= 4 is 15.9 Å². The van der Waals surface area contributed by atoms with Crippen LogP contribution in [0.15, 0.2) is 25.8 Å². The molecule has 0 amide bonds. The first kappa shape index (κ1) is 10.0. The molecule has 1 aromatic heterocycles. The molecule has 0 saturated carbocycles. The maximum atomic E-state index is 13.3. The van der Waals surface area contributed by atoms with Crippen LogP contribution < -0.4 is 5.76 Å². The van der Waals surface area contributed by atoms with Gasteiger partial charge in [-0.1, -0.05) is 15.9 Å². The third-order valence-corrected chi connectivity index (χ3v) is 2.12. The number of H-pyrrole nitrogens is 1. The number of aromatic nitrogens is 2. The fourth-order valence-corrected chi connectivity index (χ4v) is 1.49. The van der Waals surface area contributed by atoms with Crippen molar-refractivity contribution in [1.82, 2.24) is 10.2 Å². The van der Waals surface area contributed by atoms with Crippen molar-refractivity contribution in [3.63, 3.8) is 0 Å². The number of hydrogen-bond acceptors (Lipinski definition) is 3. The highest BCUT2D eigenvalue weighted by atomic mass is 79.9. The van der Waals surface area contributed by atoms with Crippen LogP contribution in [0.3, 0.4) is 0 Å². The van der Waals surface area contributed by atoms with E-state index in [1.54, 1.807) is 0 Å². The molecule has 0 fully saturated rings. The number of halogens is 3. The van der Waals surface area contributed by atoms with Gasteiger partial charge in [0.25, 0.3) is 5.89 Å². The van der Waals surface area contributed by atoms with Gasteiger partial charge in [0.05, 0.1) is 0 Å². The van der Waals surface area contributed by atoms with Crippen LogP contribution in [0.1, 0.15) is 0 Å². The van der Waals surface area contributed by atoms with Crippen LogP contribution in [0, 0.1) is 11.6 Å². The third-order valence-electron chi connectivity index (χ3n) is 1.66. The fraction of sp³-hybridized carbons (Fsp3) is 0. The van der Waals surface area contributed by atoms with E-state index in [1.807, 2.05) is 5.10 Å². The quantitative estimate of drug-likeness (QED) is 0.868. The van der Waals surface area contributed by atoms with E-state index in [0.717, 1.165) is 12.1 Å². The lowest BCUT2D eigenvalue weighted by Gasteiger charge is -2.00. The molecule has 0 bridgehead atoms. The molecular weight excluding hydrogens is 274 g/mol. The number of benzene rings is 1. The summed E-state index contributed by atoms with van der Waals surface area (Å²) >= 11 is 2.92. The fourth-order valence-electron chi connectivity index (χ4n) is 1.08. The Labute approximate surface area is 90.1 Å². The van der Waals surface area contributed by atoms with Gasteiger partial charge in [0.1, 0.15) is 17.2 Å². The summed E-state index contributed by atoms with van der Waals surface area (Å²) in [5.41, 5.74) is -0.475. The summed E-state index contributed by atoms with van der Waals surface area (Å²) in [5, 5.41) is 5.26. The van der Waals surface area contributed by atoms with Crippen LogP contribution in [0.2, 0.25) is 0 Å². The number of nitrogens with one attached hydrogen (secondary N) is 1. The molecule has 78 valence electrons. The van der Waals surface area contributed by atoms with Crippen LogP contribution in [0.5, 0.6) is 0 Å². The molecule has 15 heavy (non-hydrogen) atoms. The average Bonchev–Trinajstić information content (AvgIpc) is 2.49. The van der Waals surface area contributed by atoms with Gasteiger partial charge in [0.15, 0.2) is 0 Å². The second-order valence-electron chi connectivity index (χ2n) is 2.66. The van der Waals surface area contributed by atoms with Gasteiger partial charge in [-0.2, -0.15) is 0 Å². The Bertz CT molecular complexity index is 541. The zero-order chi connectivity index (χ0) is 11.0. The summed E-state index contributed by atoms with van der Waals surface area (Å²) in [7, 11) is 0. The Morgan fingerprint density at radius 2 is 1.93 bits per heavy atom. The monoisotopic (exact) mass is 276 g/mol. The third kappa shape index (κ3) is 1.82. The van der Waals surface area contributed by atoms with Gasteiger partial charge in [0.2, 0.25) is 0 Å². The Morgan fingerprint density at radius 1 is 1.33 bits per heavy atom. The minimum atomic E-state index is -0.869. The molecule has 0 saturated heterocycles. The molecule has 2 rings (SSSR count). The van der Waals surface area contributed by atoms with E-state index >= 15 is 0 Å². The van der Waals surface area contributed by atoms with Gasteiger partial charge < -0.3 is 4.42 Å². The van der Waals surface area contributed by atoms with Crippen LogP contribution in [0.25, 0.3) is 11.5 Å². The first-order valence-electron chi connectivity index (χ1n) is 3.78. The Kier molecular flexibility index (Phi) is 2.39. The van der Waals surface area contributed by atoms with Crippen molar-refractivity contribution in [2.75, 3.05) is 0 Å².